The van der Waals surface area contributed by atoms with Crippen molar-refractivity contribution < 1.29 is 0 Å². The van der Waals surface area contributed by atoms with Crippen molar-refractivity contribution in [1.82, 2.24) is 0 Å². The molecule has 0 aliphatic heterocycles. The SMILES string of the molecule is CC1(C)c2ccccc2-c2ccc(N(c3ccc(-c4ccccc4)cc3)c3ccc(-c4ccc5c(c4)-c4ccccc4C54c5ccccc5C(c5ccccc5)(c5ccccc5)c5ccccc54)cc3)cc21. The standard InChI is InChI=1S/C71H51N/c1-69(2)61-28-14-12-26-57(61)59-44-43-56(47-68(59)69)72(54-39-34-49(35-40-54)48-20-6-3-7-21-48)55-41-36-50(37-42-55)51-38-45-63-60(46-51)58-27-13-15-29-62(58)71(63)66-32-18-16-30-64(66)70(52-22-8-4-9-23-52,53-24-10-5-11-25-53)65-31-17-19-33-67(65)71/h3-47H,1-2H3. The highest BCUT2D eigenvalue weighted by atomic mass is 15.1. The molecule has 3 aliphatic carbocycles. The molecule has 0 N–H and O–H groups in total. The van der Waals surface area contributed by atoms with Crippen molar-refractivity contribution in [2.24, 2.45) is 0 Å². The molecule has 1 nitrogen and oxygen atoms in total. The second kappa shape index (κ2) is 16.1. The first-order valence-corrected chi connectivity index (χ1v) is 25.3. The summed E-state index contributed by atoms with van der Waals surface area (Å²) in [5.74, 6) is 0. The Balaban J connectivity index is 0.907. The van der Waals surface area contributed by atoms with Crippen LogP contribution in [0.2, 0.25) is 0 Å². The Morgan fingerprint density at radius 3 is 1.17 bits per heavy atom. The van der Waals surface area contributed by atoms with E-state index < -0.39 is 10.8 Å². The van der Waals surface area contributed by atoms with Gasteiger partial charge in [-0.25, -0.2) is 0 Å². The Hall–Kier alpha value is -8.78. The molecule has 1 spiro atoms. The monoisotopic (exact) mass is 917 g/mol. The van der Waals surface area contributed by atoms with Crippen molar-refractivity contribution in [3.05, 3.63) is 329 Å². The van der Waals surface area contributed by atoms with Crippen molar-refractivity contribution in [2.45, 2.75) is 30.1 Å². The van der Waals surface area contributed by atoms with Crippen molar-refractivity contribution in [2.75, 3.05) is 4.90 Å². The summed E-state index contributed by atoms with van der Waals surface area (Å²) in [6, 6.07) is 102. The van der Waals surface area contributed by atoms with Crippen molar-refractivity contribution in [3.8, 4) is 44.5 Å². The molecule has 11 aromatic carbocycles. The van der Waals surface area contributed by atoms with Gasteiger partial charge in [0.05, 0.1) is 10.8 Å². The zero-order valence-electron chi connectivity index (χ0n) is 40.4. The highest BCUT2D eigenvalue weighted by molar-refractivity contribution is 5.92. The van der Waals surface area contributed by atoms with E-state index in [9.17, 15) is 0 Å². The summed E-state index contributed by atoms with van der Waals surface area (Å²) in [5.41, 5.74) is 25.4. The summed E-state index contributed by atoms with van der Waals surface area (Å²) in [4.78, 5) is 2.42. The van der Waals surface area contributed by atoms with E-state index in [1.807, 2.05) is 0 Å². The van der Waals surface area contributed by atoms with Crippen LogP contribution < -0.4 is 4.90 Å². The van der Waals surface area contributed by atoms with E-state index in [1.54, 1.807) is 0 Å². The maximum Gasteiger partial charge on any atom is 0.0720 e. The highest BCUT2D eigenvalue weighted by Crippen LogP contribution is 2.65. The first-order chi connectivity index (χ1) is 35.5. The average molecular weight is 918 g/mol. The summed E-state index contributed by atoms with van der Waals surface area (Å²) in [7, 11) is 0. The molecule has 340 valence electrons. The van der Waals surface area contributed by atoms with Gasteiger partial charge in [-0.1, -0.05) is 244 Å². The van der Waals surface area contributed by atoms with Gasteiger partial charge in [0.1, 0.15) is 0 Å². The average Bonchev–Trinajstić information content (AvgIpc) is 3.87. The van der Waals surface area contributed by atoms with Gasteiger partial charge in [-0.15, -0.1) is 0 Å². The van der Waals surface area contributed by atoms with E-state index in [0.717, 1.165) is 17.1 Å². The van der Waals surface area contributed by atoms with Crippen molar-refractivity contribution in [3.63, 3.8) is 0 Å². The summed E-state index contributed by atoms with van der Waals surface area (Å²) in [6.45, 7) is 4.72. The number of anilines is 3. The van der Waals surface area contributed by atoms with E-state index >= 15 is 0 Å². The number of rotatable bonds is 7. The van der Waals surface area contributed by atoms with Gasteiger partial charge in [0.25, 0.3) is 0 Å². The first-order valence-electron chi connectivity index (χ1n) is 25.3. The fraction of sp³-hybridized carbons (Fsp3) is 0.0704. The first kappa shape index (κ1) is 42.1. The van der Waals surface area contributed by atoms with Crippen LogP contribution in [0.5, 0.6) is 0 Å². The minimum atomic E-state index is -0.531. The molecule has 0 heterocycles. The molecule has 0 saturated heterocycles. The third-order valence-corrected chi connectivity index (χ3v) is 16.4. The van der Waals surface area contributed by atoms with E-state index in [4.69, 9.17) is 0 Å². The van der Waals surface area contributed by atoms with E-state index in [0.29, 0.717) is 0 Å². The molecule has 0 aromatic heterocycles. The maximum absolute atomic E-state index is 2.46. The summed E-state index contributed by atoms with van der Waals surface area (Å²) in [6.07, 6.45) is 0. The van der Waals surface area contributed by atoms with Gasteiger partial charge in [-0.3, -0.25) is 0 Å². The van der Waals surface area contributed by atoms with Gasteiger partial charge in [-0.05, 0) is 143 Å². The molecule has 0 amide bonds. The Kier molecular flexibility index (Phi) is 9.44. The maximum atomic E-state index is 2.46. The quantitative estimate of drug-likeness (QED) is 0.154. The van der Waals surface area contributed by atoms with Crippen LogP contribution in [-0.4, -0.2) is 0 Å². The molecule has 14 rings (SSSR count). The molecule has 1 heteroatoms. The number of hydrogen-bond donors (Lipinski definition) is 0. The van der Waals surface area contributed by atoms with Crippen molar-refractivity contribution in [1.29, 1.82) is 0 Å². The third-order valence-electron chi connectivity index (χ3n) is 16.4. The van der Waals surface area contributed by atoms with Gasteiger partial charge >= 0.3 is 0 Å². The predicted molar refractivity (Wildman–Crippen MR) is 299 cm³/mol. The highest BCUT2D eigenvalue weighted by Gasteiger charge is 2.56. The van der Waals surface area contributed by atoms with Gasteiger partial charge in [-0.2, -0.15) is 0 Å². The molecule has 0 atom stereocenters. The Morgan fingerprint density at radius 2 is 0.611 bits per heavy atom. The van der Waals surface area contributed by atoms with E-state index in [1.165, 1.54) is 100 Å². The van der Waals surface area contributed by atoms with E-state index in [-0.39, 0.29) is 5.41 Å². The van der Waals surface area contributed by atoms with Gasteiger partial charge in [0, 0.05) is 22.5 Å². The zero-order chi connectivity index (χ0) is 48.0. The summed E-state index contributed by atoms with van der Waals surface area (Å²) < 4.78 is 0. The summed E-state index contributed by atoms with van der Waals surface area (Å²) in [5, 5.41) is 0. The molecular formula is C71H51N. The normalized spacial score (nSPS) is 14.6. The molecular weight excluding hydrogens is 867 g/mol. The van der Waals surface area contributed by atoms with Gasteiger partial charge < -0.3 is 4.90 Å². The fourth-order valence-electron chi connectivity index (χ4n) is 13.3. The number of nitrogens with zero attached hydrogens (tertiary/aromatic N) is 1. The molecule has 72 heavy (non-hydrogen) atoms. The largest absolute Gasteiger partial charge is 0.310 e. The van der Waals surface area contributed by atoms with Gasteiger partial charge in [0.2, 0.25) is 0 Å². The second-order valence-corrected chi connectivity index (χ2v) is 20.3. The predicted octanol–water partition coefficient (Wildman–Crippen LogP) is 17.9. The number of fused-ring (bicyclic) bond motifs is 12. The molecule has 0 saturated carbocycles. The van der Waals surface area contributed by atoms with Crippen LogP contribution in [0.3, 0.4) is 0 Å². The van der Waals surface area contributed by atoms with Crippen LogP contribution in [-0.2, 0) is 16.2 Å². The number of benzene rings is 11. The van der Waals surface area contributed by atoms with E-state index in [2.05, 4.69) is 292 Å². The van der Waals surface area contributed by atoms with Gasteiger partial charge in [0.15, 0.2) is 0 Å². The third kappa shape index (κ3) is 5.95. The minimum absolute atomic E-state index is 0.117. The Morgan fingerprint density at radius 1 is 0.236 bits per heavy atom. The zero-order valence-corrected chi connectivity index (χ0v) is 40.4. The molecule has 0 unspecified atom stereocenters. The van der Waals surface area contributed by atoms with Crippen molar-refractivity contribution >= 4 is 17.1 Å². The lowest BCUT2D eigenvalue weighted by Crippen LogP contribution is -2.44. The molecule has 3 aliphatic rings. The smallest absolute Gasteiger partial charge is 0.0720 e. The molecule has 11 aromatic rings. The minimum Gasteiger partial charge on any atom is -0.310 e. The van der Waals surface area contributed by atoms with Crippen LogP contribution in [0.15, 0.2) is 273 Å². The van der Waals surface area contributed by atoms with Crippen LogP contribution in [0.1, 0.15) is 69.5 Å². The lowest BCUT2D eigenvalue weighted by molar-refractivity contribution is 0.623. The van der Waals surface area contributed by atoms with Crippen LogP contribution >= 0.6 is 0 Å². The summed E-state index contributed by atoms with van der Waals surface area (Å²) >= 11 is 0. The number of hydrogen-bond acceptors (Lipinski definition) is 1. The Labute approximate surface area is 423 Å². The topological polar surface area (TPSA) is 3.24 Å². The molecule has 0 radical (unpaired) electrons. The Bertz CT molecular complexity index is 3780. The van der Waals surface area contributed by atoms with Crippen LogP contribution in [0, 0.1) is 0 Å². The van der Waals surface area contributed by atoms with Crippen LogP contribution in [0.25, 0.3) is 44.5 Å². The molecule has 0 bridgehead atoms. The van der Waals surface area contributed by atoms with Crippen LogP contribution in [0.4, 0.5) is 17.1 Å². The second-order valence-electron chi connectivity index (χ2n) is 20.3. The lowest BCUT2D eigenvalue weighted by Gasteiger charge is -2.50. The fourth-order valence-corrected chi connectivity index (χ4v) is 13.3. The lowest BCUT2D eigenvalue weighted by atomic mass is 9.51. The molecule has 0 fully saturated rings.